The minimum absolute atomic E-state index is 0.0324. The smallest absolute Gasteiger partial charge is 0.322 e. The van der Waals surface area contributed by atoms with Crippen molar-refractivity contribution in [1.82, 2.24) is 10.2 Å². The molecule has 2 aromatic heterocycles. The number of anilines is 1. The Labute approximate surface area is 130 Å². The largest absolute Gasteiger partial charge is 0.459 e. The van der Waals surface area contributed by atoms with Crippen LogP contribution in [0.15, 0.2) is 56.4 Å². The van der Waals surface area contributed by atoms with Crippen molar-refractivity contribution < 1.29 is 13.6 Å². The molecule has 0 aliphatic heterocycles. The van der Waals surface area contributed by atoms with Gasteiger partial charge in [-0.1, -0.05) is 18.1 Å². The summed E-state index contributed by atoms with van der Waals surface area (Å²) in [6.45, 7) is 2.06. The Bertz CT molecular complexity index is 768. The summed E-state index contributed by atoms with van der Waals surface area (Å²) >= 11 is 1.67. The van der Waals surface area contributed by atoms with Gasteiger partial charge in [-0.15, -0.1) is 16.9 Å². The van der Waals surface area contributed by atoms with Crippen molar-refractivity contribution in [3.8, 4) is 11.7 Å². The fraction of sp³-hybridized carbons (Fsp3) is 0.133. The number of hydrogen-bond donors (Lipinski definition) is 1. The predicted molar refractivity (Wildman–Crippen MR) is 82.8 cm³/mol. The van der Waals surface area contributed by atoms with Gasteiger partial charge in [0.15, 0.2) is 5.76 Å². The minimum atomic E-state index is -0.298. The Kier molecular flexibility index (Phi) is 4.24. The van der Waals surface area contributed by atoms with Crippen LogP contribution in [-0.4, -0.2) is 21.9 Å². The molecule has 0 aliphatic rings. The summed E-state index contributed by atoms with van der Waals surface area (Å²) in [6.07, 6.45) is 1.51. The molecule has 0 radical (unpaired) electrons. The quantitative estimate of drug-likeness (QED) is 0.723. The molecule has 0 fully saturated rings. The Morgan fingerprint density at radius 3 is 2.95 bits per heavy atom. The topological polar surface area (TPSA) is 81.2 Å². The van der Waals surface area contributed by atoms with Crippen molar-refractivity contribution in [3.63, 3.8) is 0 Å². The molecule has 112 valence electrons. The van der Waals surface area contributed by atoms with E-state index in [4.69, 9.17) is 8.83 Å². The molecule has 0 spiro atoms. The van der Waals surface area contributed by atoms with Crippen LogP contribution in [0.5, 0.6) is 0 Å². The zero-order chi connectivity index (χ0) is 15.4. The van der Waals surface area contributed by atoms with Crippen LogP contribution in [-0.2, 0) is 0 Å². The summed E-state index contributed by atoms with van der Waals surface area (Å²) < 4.78 is 10.5. The van der Waals surface area contributed by atoms with E-state index in [1.807, 2.05) is 18.2 Å². The minimum Gasteiger partial charge on any atom is -0.459 e. The molecular weight excluding hydrogens is 302 g/mol. The number of nitrogens with zero attached hydrogens (tertiary/aromatic N) is 2. The highest BCUT2D eigenvalue weighted by Gasteiger charge is 2.14. The molecule has 0 aliphatic carbocycles. The van der Waals surface area contributed by atoms with Gasteiger partial charge in [0.25, 0.3) is 11.8 Å². The van der Waals surface area contributed by atoms with Crippen LogP contribution in [0.2, 0.25) is 0 Å². The van der Waals surface area contributed by atoms with Crippen molar-refractivity contribution >= 4 is 23.7 Å². The molecule has 0 unspecified atom stereocenters. The standard InChI is InChI=1S/C15H13N3O3S/c1-2-22-11-6-3-5-10(9-11)13(19)16-15-18-17-14(21-15)12-7-4-8-20-12/h3-9H,2H2,1H3,(H,16,18,19). The number of benzene rings is 1. The molecule has 2 heterocycles. The third-order valence-corrected chi connectivity index (χ3v) is 3.66. The fourth-order valence-electron chi connectivity index (χ4n) is 1.84. The highest BCUT2D eigenvalue weighted by molar-refractivity contribution is 7.99. The number of hydrogen-bond acceptors (Lipinski definition) is 6. The first-order valence-corrected chi connectivity index (χ1v) is 7.66. The summed E-state index contributed by atoms with van der Waals surface area (Å²) in [4.78, 5) is 13.2. The Morgan fingerprint density at radius 2 is 2.18 bits per heavy atom. The maximum Gasteiger partial charge on any atom is 0.322 e. The van der Waals surface area contributed by atoms with Crippen LogP contribution in [0.1, 0.15) is 17.3 Å². The monoisotopic (exact) mass is 315 g/mol. The molecule has 22 heavy (non-hydrogen) atoms. The molecule has 6 nitrogen and oxygen atoms in total. The summed E-state index contributed by atoms with van der Waals surface area (Å²) in [5.41, 5.74) is 0.538. The van der Waals surface area contributed by atoms with Gasteiger partial charge in [-0.2, -0.15) is 0 Å². The van der Waals surface area contributed by atoms with Crippen LogP contribution < -0.4 is 5.32 Å². The van der Waals surface area contributed by atoms with Crippen molar-refractivity contribution in [2.24, 2.45) is 0 Å². The first kappa shape index (κ1) is 14.4. The lowest BCUT2D eigenvalue weighted by atomic mass is 10.2. The maximum atomic E-state index is 12.2. The van der Waals surface area contributed by atoms with Crippen LogP contribution in [0, 0.1) is 0 Å². The molecule has 1 aromatic carbocycles. The average molecular weight is 315 g/mol. The van der Waals surface area contributed by atoms with Gasteiger partial charge in [-0.05, 0) is 36.1 Å². The normalized spacial score (nSPS) is 10.6. The van der Waals surface area contributed by atoms with E-state index < -0.39 is 0 Å². The van der Waals surface area contributed by atoms with Gasteiger partial charge in [-0.25, -0.2) is 0 Å². The number of amides is 1. The van der Waals surface area contributed by atoms with Gasteiger partial charge in [0.05, 0.1) is 6.26 Å². The number of carbonyl (C=O) groups is 1. The van der Waals surface area contributed by atoms with E-state index in [-0.39, 0.29) is 17.8 Å². The SMILES string of the molecule is CCSc1cccc(C(=O)Nc2nnc(-c3ccco3)o2)c1. The molecule has 0 bridgehead atoms. The summed E-state index contributed by atoms with van der Waals surface area (Å²) in [5, 5.41) is 10.2. The van der Waals surface area contributed by atoms with E-state index in [0.717, 1.165) is 10.6 Å². The molecule has 0 saturated carbocycles. The first-order valence-electron chi connectivity index (χ1n) is 6.68. The van der Waals surface area contributed by atoms with Gasteiger partial charge in [0, 0.05) is 10.5 Å². The lowest BCUT2D eigenvalue weighted by Gasteiger charge is -2.03. The highest BCUT2D eigenvalue weighted by Crippen LogP contribution is 2.21. The molecule has 1 N–H and O–H groups in total. The van der Waals surface area contributed by atoms with Crippen LogP contribution in [0.3, 0.4) is 0 Å². The second-order valence-electron chi connectivity index (χ2n) is 4.30. The van der Waals surface area contributed by atoms with E-state index in [0.29, 0.717) is 11.3 Å². The highest BCUT2D eigenvalue weighted by atomic mass is 32.2. The second-order valence-corrected chi connectivity index (χ2v) is 5.64. The first-order chi connectivity index (χ1) is 10.8. The van der Waals surface area contributed by atoms with E-state index >= 15 is 0 Å². The second kappa shape index (κ2) is 6.48. The van der Waals surface area contributed by atoms with E-state index in [1.165, 1.54) is 6.26 Å². The Balaban J connectivity index is 1.73. The Hall–Kier alpha value is -2.54. The molecule has 3 rings (SSSR count). The van der Waals surface area contributed by atoms with Gasteiger partial charge in [-0.3, -0.25) is 10.1 Å². The number of carbonyl (C=O) groups excluding carboxylic acids is 1. The van der Waals surface area contributed by atoms with Gasteiger partial charge >= 0.3 is 6.01 Å². The van der Waals surface area contributed by atoms with E-state index in [1.54, 1.807) is 30.0 Å². The third kappa shape index (κ3) is 3.20. The number of nitrogens with one attached hydrogen (secondary N) is 1. The lowest BCUT2D eigenvalue weighted by molar-refractivity contribution is 0.102. The molecule has 3 aromatic rings. The number of thioether (sulfide) groups is 1. The van der Waals surface area contributed by atoms with Gasteiger partial charge in [0.2, 0.25) is 0 Å². The number of furan rings is 1. The summed E-state index contributed by atoms with van der Waals surface area (Å²) in [6, 6.07) is 10.8. The molecule has 1 amide bonds. The lowest BCUT2D eigenvalue weighted by Crippen LogP contribution is -2.12. The molecule has 7 heteroatoms. The van der Waals surface area contributed by atoms with Gasteiger partial charge < -0.3 is 8.83 Å². The van der Waals surface area contributed by atoms with E-state index in [9.17, 15) is 4.79 Å². The molecule has 0 atom stereocenters. The van der Waals surface area contributed by atoms with Gasteiger partial charge in [0.1, 0.15) is 0 Å². The van der Waals surface area contributed by atoms with Crippen LogP contribution in [0.25, 0.3) is 11.7 Å². The van der Waals surface area contributed by atoms with Crippen molar-refractivity contribution in [1.29, 1.82) is 0 Å². The molecule has 0 saturated heterocycles. The molecular formula is C15H13N3O3S. The van der Waals surface area contributed by atoms with Crippen molar-refractivity contribution in [3.05, 3.63) is 48.2 Å². The predicted octanol–water partition coefficient (Wildman–Crippen LogP) is 3.69. The van der Waals surface area contributed by atoms with Crippen LogP contribution in [0.4, 0.5) is 6.01 Å². The number of rotatable bonds is 5. The summed E-state index contributed by atoms with van der Waals surface area (Å²) in [5.74, 6) is 1.32. The van der Waals surface area contributed by atoms with Crippen molar-refractivity contribution in [2.75, 3.05) is 11.1 Å². The Morgan fingerprint density at radius 1 is 1.27 bits per heavy atom. The average Bonchev–Trinajstić information content (AvgIpc) is 3.18. The zero-order valence-corrected chi connectivity index (χ0v) is 12.6. The number of aromatic nitrogens is 2. The fourth-order valence-corrected chi connectivity index (χ4v) is 2.56. The maximum absolute atomic E-state index is 12.2. The van der Waals surface area contributed by atoms with Crippen molar-refractivity contribution in [2.45, 2.75) is 11.8 Å². The zero-order valence-electron chi connectivity index (χ0n) is 11.8. The van der Waals surface area contributed by atoms with E-state index in [2.05, 4.69) is 22.4 Å². The third-order valence-electron chi connectivity index (χ3n) is 2.78. The summed E-state index contributed by atoms with van der Waals surface area (Å²) in [7, 11) is 0. The van der Waals surface area contributed by atoms with Crippen LogP contribution >= 0.6 is 11.8 Å².